The number of nitrogens with one attached hydrogen (secondary N) is 2. The zero-order valence-corrected chi connectivity index (χ0v) is 27.6. The quantitative estimate of drug-likeness (QED) is 0.254. The lowest BCUT2D eigenvalue weighted by atomic mass is 9.96. The number of piperazine rings is 1. The highest BCUT2D eigenvalue weighted by Gasteiger charge is 2.38. The van der Waals surface area contributed by atoms with Gasteiger partial charge in [0.2, 0.25) is 0 Å². The molecule has 1 heterocycles. The van der Waals surface area contributed by atoms with Crippen LogP contribution in [0.1, 0.15) is 63.5 Å². The van der Waals surface area contributed by atoms with Crippen LogP contribution in [-0.2, 0) is 17.9 Å². The van der Waals surface area contributed by atoms with Crippen molar-refractivity contribution < 1.29 is 27.9 Å². The van der Waals surface area contributed by atoms with Crippen LogP contribution in [-0.4, -0.2) is 96.9 Å². The molecule has 46 heavy (non-hydrogen) atoms. The van der Waals surface area contributed by atoms with Crippen LogP contribution in [0.25, 0.3) is 11.1 Å². The summed E-state index contributed by atoms with van der Waals surface area (Å²) in [6.07, 6.45) is 1.89. The van der Waals surface area contributed by atoms with Crippen LogP contribution >= 0.6 is 0 Å². The molecule has 1 saturated heterocycles. The number of amides is 2. The maximum Gasteiger partial charge on any atom is 0.490 e. The minimum Gasteiger partial charge on any atom is -0.475 e. The number of alkyl halides is 3. The minimum atomic E-state index is -5.08. The maximum atomic E-state index is 13.5. The number of aliphatic carboxylic acids is 1. The summed E-state index contributed by atoms with van der Waals surface area (Å²) >= 11 is 0. The highest BCUT2D eigenvalue weighted by Crippen LogP contribution is 2.23. The third-order valence-electron chi connectivity index (χ3n) is 8.40. The third kappa shape index (κ3) is 13.7. The van der Waals surface area contributed by atoms with Gasteiger partial charge in [-0.3, -0.25) is 0 Å². The maximum absolute atomic E-state index is 13.5. The number of halogens is 3. The molecule has 2 aromatic rings. The molecule has 0 unspecified atom stereocenters. The number of carbonyl (C=O) groups is 2. The van der Waals surface area contributed by atoms with Crippen LogP contribution in [0, 0.1) is 5.92 Å². The van der Waals surface area contributed by atoms with Gasteiger partial charge in [0.25, 0.3) is 0 Å². The Bertz CT molecular complexity index is 1210. The molecule has 0 radical (unpaired) electrons. The van der Waals surface area contributed by atoms with Crippen molar-refractivity contribution in [1.29, 1.82) is 0 Å². The van der Waals surface area contributed by atoms with Crippen molar-refractivity contribution in [2.24, 2.45) is 5.92 Å². The summed E-state index contributed by atoms with van der Waals surface area (Å²) in [7, 11) is 2.20. The van der Waals surface area contributed by atoms with Crippen LogP contribution in [0.2, 0.25) is 0 Å². The van der Waals surface area contributed by atoms with Gasteiger partial charge in [0.15, 0.2) is 0 Å². The molecule has 4 rings (SSSR count). The van der Waals surface area contributed by atoms with Gasteiger partial charge in [0.1, 0.15) is 0 Å². The first-order chi connectivity index (χ1) is 21.9. The first-order valence-electron chi connectivity index (χ1n) is 16.6. The number of benzene rings is 2. The van der Waals surface area contributed by atoms with Crippen LogP contribution in [0.5, 0.6) is 0 Å². The SMILES string of the molecule is CC(C)CNCc1cccc(-c2cccc(CN(CCCN3CCN(C)CC3)C(=O)NC3CCCCC3)c2)c1.O=C(O)C(F)(F)F. The lowest BCUT2D eigenvalue weighted by Crippen LogP contribution is -2.47. The highest BCUT2D eigenvalue weighted by atomic mass is 19.4. The van der Waals surface area contributed by atoms with E-state index in [0.717, 1.165) is 71.6 Å². The van der Waals surface area contributed by atoms with E-state index in [1.54, 1.807) is 0 Å². The van der Waals surface area contributed by atoms with E-state index in [1.165, 1.54) is 41.5 Å². The van der Waals surface area contributed by atoms with Crippen LogP contribution in [0.3, 0.4) is 0 Å². The van der Waals surface area contributed by atoms with E-state index < -0.39 is 12.1 Å². The summed E-state index contributed by atoms with van der Waals surface area (Å²) in [5, 5.41) is 14.1. The van der Waals surface area contributed by atoms with Crippen LogP contribution < -0.4 is 10.6 Å². The number of carbonyl (C=O) groups excluding carboxylic acids is 1. The van der Waals surface area contributed by atoms with E-state index in [2.05, 4.69) is 94.8 Å². The first kappa shape index (κ1) is 37.3. The number of hydrogen-bond donors (Lipinski definition) is 3. The fourth-order valence-corrected chi connectivity index (χ4v) is 5.76. The standard InChI is InChI=1S/C33H51N5O.C2HF3O2/c1-27(2)24-34-25-28-10-7-12-30(22-28)31-13-8-11-29(23-31)26-38(33(39)35-32-14-5-4-6-15-32)17-9-16-37-20-18-36(3)19-21-37;3-2(4,5)1(6)7/h7-8,10-13,22-23,27,32,34H,4-6,9,14-21,24-26H2,1-3H3,(H,35,39);(H,6,7). The van der Waals surface area contributed by atoms with Crippen molar-refractivity contribution in [1.82, 2.24) is 25.3 Å². The van der Waals surface area contributed by atoms with Gasteiger partial charge in [-0.25, -0.2) is 9.59 Å². The van der Waals surface area contributed by atoms with Gasteiger partial charge in [-0.2, -0.15) is 13.2 Å². The second-order valence-electron chi connectivity index (χ2n) is 12.9. The molecule has 3 N–H and O–H groups in total. The Labute approximate surface area is 272 Å². The summed E-state index contributed by atoms with van der Waals surface area (Å²) < 4.78 is 31.7. The van der Waals surface area contributed by atoms with Crippen LogP contribution in [0.4, 0.5) is 18.0 Å². The molecule has 8 nitrogen and oxygen atoms in total. The van der Waals surface area contributed by atoms with E-state index >= 15 is 0 Å². The number of carboxylic acids is 1. The molecule has 1 aliphatic carbocycles. The number of carboxylic acid groups (broad SMARTS) is 1. The van der Waals surface area contributed by atoms with Gasteiger partial charge in [-0.1, -0.05) is 69.5 Å². The largest absolute Gasteiger partial charge is 0.490 e. The smallest absolute Gasteiger partial charge is 0.475 e. The molecule has 1 saturated carbocycles. The summed E-state index contributed by atoms with van der Waals surface area (Å²) in [5.41, 5.74) is 4.93. The van der Waals surface area contributed by atoms with Gasteiger partial charge < -0.3 is 30.4 Å². The van der Waals surface area contributed by atoms with Crippen molar-refractivity contribution in [3.05, 3.63) is 59.7 Å². The Kier molecular flexibility index (Phi) is 15.3. The van der Waals surface area contributed by atoms with Crippen molar-refractivity contribution in [3.63, 3.8) is 0 Å². The Hall–Kier alpha value is -3.15. The summed E-state index contributed by atoms with van der Waals surface area (Å²) in [6.45, 7) is 13.4. The molecule has 2 aromatic carbocycles. The molecule has 2 fully saturated rings. The van der Waals surface area contributed by atoms with Gasteiger partial charge in [-0.05, 0) is 79.7 Å². The Morgan fingerprint density at radius 3 is 2.13 bits per heavy atom. The Balaban J connectivity index is 0.000000738. The van der Waals surface area contributed by atoms with Gasteiger partial charge in [0.05, 0.1) is 0 Å². The van der Waals surface area contributed by atoms with Crippen LogP contribution in [0.15, 0.2) is 48.5 Å². The highest BCUT2D eigenvalue weighted by molar-refractivity contribution is 5.75. The minimum absolute atomic E-state index is 0.101. The number of urea groups is 1. The predicted molar refractivity (Wildman–Crippen MR) is 176 cm³/mol. The first-order valence-corrected chi connectivity index (χ1v) is 16.6. The lowest BCUT2D eigenvalue weighted by Gasteiger charge is -2.33. The molecule has 0 atom stereocenters. The van der Waals surface area contributed by atoms with Gasteiger partial charge in [0, 0.05) is 51.9 Å². The van der Waals surface area contributed by atoms with Crippen molar-refractivity contribution in [2.45, 2.75) is 77.7 Å². The molecule has 2 amide bonds. The van der Waals surface area contributed by atoms with Crippen molar-refractivity contribution in [3.8, 4) is 11.1 Å². The fraction of sp³-hybridized carbons (Fsp3) is 0.600. The summed E-state index contributed by atoms with van der Waals surface area (Å²) in [5.74, 6) is -2.11. The molecule has 0 aromatic heterocycles. The molecule has 2 aliphatic rings. The molecular weight excluding hydrogens is 595 g/mol. The van der Waals surface area contributed by atoms with E-state index in [-0.39, 0.29) is 6.03 Å². The Morgan fingerprint density at radius 2 is 1.54 bits per heavy atom. The van der Waals surface area contributed by atoms with Gasteiger partial charge >= 0.3 is 18.2 Å². The van der Waals surface area contributed by atoms with E-state index in [1.807, 2.05) is 0 Å². The van der Waals surface area contributed by atoms with E-state index in [0.29, 0.717) is 18.5 Å². The third-order valence-corrected chi connectivity index (χ3v) is 8.40. The second-order valence-corrected chi connectivity index (χ2v) is 12.9. The topological polar surface area (TPSA) is 88.2 Å². The summed E-state index contributed by atoms with van der Waals surface area (Å²) in [4.78, 5) is 29.4. The van der Waals surface area contributed by atoms with Crippen molar-refractivity contribution in [2.75, 3.05) is 52.9 Å². The molecule has 256 valence electrons. The monoisotopic (exact) mass is 647 g/mol. The molecule has 1 aliphatic heterocycles. The summed E-state index contributed by atoms with van der Waals surface area (Å²) in [6, 6.07) is 18.0. The average molecular weight is 648 g/mol. The fourth-order valence-electron chi connectivity index (χ4n) is 5.76. The second kappa shape index (κ2) is 18.9. The lowest BCUT2D eigenvalue weighted by molar-refractivity contribution is -0.192. The number of hydrogen-bond acceptors (Lipinski definition) is 5. The average Bonchev–Trinajstić information content (AvgIpc) is 3.02. The number of rotatable bonds is 12. The molecular formula is C35H52F3N5O3. The number of likely N-dealkylation sites (N-methyl/N-ethyl adjacent to an activating group) is 1. The molecule has 11 heteroatoms. The van der Waals surface area contributed by atoms with E-state index in [9.17, 15) is 18.0 Å². The molecule has 0 spiro atoms. The van der Waals surface area contributed by atoms with Gasteiger partial charge in [-0.15, -0.1) is 0 Å². The Morgan fingerprint density at radius 1 is 0.957 bits per heavy atom. The zero-order valence-electron chi connectivity index (χ0n) is 27.6. The van der Waals surface area contributed by atoms with E-state index in [4.69, 9.17) is 9.90 Å². The molecule has 0 bridgehead atoms. The predicted octanol–water partition coefficient (Wildman–Crippen LogP) is 6.21. The zero-order chi connectivity index (χ0) is 33.5. The number of nitrogens with zero attached hydrogens (tertiary/aromatic N) is 3. The van der Waals surface area contributed by atoms with Crippen molar-refractivity contribution >= 4 is 12.0 Å². The normalized spacial score (nSPS) is 16.5.